The van der Waals surface area contributed by atoms with Crippen LogP contribution in [0.25, 0.3) is 0 Å². The minimum Gasteiger partial charge on any atom is -0.430 e. The van der Waals surface area contributed by atoms with Crippen molar-refractivity contribution in [1.82, 2.24) is 0 Å². The highest BCUT2D eigenvalue weighted by Crippen LogP contribution is 2.33. The summed E-state index contributed by atoms with van der Waals surface area (Å²) in [5.74, 6) is -0.158. The predicted octanol–water partition coefficient (Wildman–Crippen LogP) is 1.00. The van der Waals surface area contributed by atoms with Crippen molar-refractivity contribution in [3.8, 4) is 0 Å². The third-order valence-electron chi connectivity index (χ3n) is 2.67. The fourth-order valence-corrected chi connectivity index (χ4v) is 1.74. The number of carbonyl (C=O) groups excluding carboxylic acids is 1. The molecule has 0 aromatic carbocycles. The third-order valence-corrected chi connectivity index (χ3v) is 2.67. The highest BCUT2D eigenvalue weighted by molar-refractivity contribution is 5.75. The van der Waals surface area contributed by atoms with E-state index in [1.54, 1.807) is 13.0 Å². The lowest BCUT2D eigenvalue weighted by atomic mass is 9.84. The number of allylic oxidation sites excluding steroid dienone is 3. The van der Waals surface area contributed by atoms with Gasteiger partial charge in [0, 0.05) is 5.92 Å². The van der Waals surface area contributed by atoms with E-state index in [0.717, 1.165) is 6.42 Å². The first-order valence-corrected chi connectivity index (χ1v) is 4.46. The van der Waals surface area contributed by atoms with E-state index in [1.807, 2.05) is 12.2 Å². The Labute approximate surface area is 76.7 Å². The SMILES string of the molecule is CC1C(=O)OC2=CC=CCC2C1O. The summed E-state index contributed by atoms with van der Waals surface area (Å²) >= 11 is 0. The fourth-order valence-electron chi connectivity index (χ4n) is 1.74. The van der Waals surface area contributed by atoms with E-state index in [4.69, 9.17) is 4.74 Å². The van der Waals surface area contributed by atoms with Crippen molar-refractivity contribution < 1.29 is 14.6 Å². The van der Waals surface area contributed by atoms with Gasteiger partial charge in [0.1, 0.15) is 5.76 Å². The minimum atomic E-state index is -0.600. The smallest absolute Gasteiger partial charge is 0.316 e. The molecule has 0 saturated carbocycles. The van der Waals surface area contributed by atoms with E-state index in [2.05, 4.69) is 0 Å². The molecule has 13 heavy (non-hydrogen) atoms. The van der Waals surface area contributed by atoms with Gasteiger partial charge in [0.15, 0.2) is 0 Å². The molecule has 1 fully saturated rings. The molecule has 1 heterocycles. The lowest BCUT2D eigenvalue weighted by Gasteiger charge is -2.33. The van der Waals surface area contributed by atoms with Gasteiger partial charge in [-0.1, -0.05) is 12.2 Å². The van der Waals surface area contributed by atoms with E-state index in [0.29, 0.717) is 5.76 Å². The predicted molar refractivity (Wildman–Crippen MR) is 46.6 cm³/mol. The summed E-state index contributed by atoms with van der Waals surface area (Å²) in [6, 6.07) is 0. The average molecular weight is 180 g/mol. The molecule has 0 bridgehead atoms. The normalized spacial score (nSPS) is 37.8. The molecule has 3 nitrogen and oxygen atoms in total. The zero-order valence-corrected chi connectivity index (χ0v) is 7.43. The van der Waals surface area contributed by atoms with Crippen molar-refractivity contribution in [2.45, 2.75) is 19.4 Å². The van der Waals surface area contributed by atoms with Crippen LogP contribution in [0.2, 0.25) is 0 Å². The average Bonchev–Trinajstić information content (AvgIpc) is 2.15. The van der Waals surface area contributed by atoms with Crippen LogP contribution in [0.15, 0.2) is 24.0 Å². The fraction of sp³-hybridized carbons (Fsp3) is 0.500. The Morgan fingerprint density at radius 2 is 2.38 bits per heavy atom. The van der Waals surface area contributed by atoms with Gasteiger partial charge in [0.2, 0.25) is 0 Å². The molecule has 3 unspecified atom stereocenters. The number of hydrogen-bond donors (Lipinski definition) is 1. The van der Waals surface area contributed by atoms with Crippen molar-refractivity contribution in [3.63, 3.8) is 0 Å². The number of fused-ring (bicyclic) bond motifs is 1. The largest absolute Gasteiger partial charge is 0.430 e. The standard InChI is InChI=1S/C10H12O3/c1-6-9(11)7-4-2-3-5-8(7)13-10(6)12/h2-3,5-7,9,11H,4H2,1H3. The Balaban J connectivity index is 2.27. The molecular weight excluding hydrogens is 168 g/mol. The maximum Gasteiger partial charge on any atom is 0.316 e. The van der Waals surface area contributed by atoms with E-state index in [1.165, 1.54) is 0 Å². The Bertz CT molecular complexity index is 291. The highest BCUT2D eigenvalue weighted by Gasteiger charge is 2.39. The molecule has 3 atom stereocenters. The number of carbonyl (C=O) groups is 1. The second-order valence-electron chi connectivity index (χ2n) is 3.54. The second-order valence-corrected chi connectivity index (χ2v) is 3.54. The Kier molecular flexibility index (Phi) is 1.96. The summed E-state index contributed by atoms with van der Waals surface area (Å²) in [5.41, 5.74) is 0. The summed E-state index contributed by atoms with van der Waals surface area (Å²) < 4.78 is 5.08. The molecule has 2 rings (SSSR count). The molecule has 0 radical (unpaired) electrons. The van der Waals surface area contributed by atoms with E-state index in [9.17, 15) is 9.90 Å². The van der Waals surface area contributed by atoms with Crippen LogP contribution in [-0.4, -0.2) is 17.2 Å². The van der Waals surface area contributed by atoms with Crippen LogP contribution in [0.1, 0.15) is 13.3 Å². The Morgan fingerprint density at radius 1 is 1.62 bits per heavy atom. The molecule has 2 aliphatic rings. The Morgan fingerprint density at radius 3 is 3.15 bits per heavy atom. The van der Waals surface area contributed by atoms with Gasteiger partial charge in [-0.15, -0.1) is 0 Å². The van der Waals surface area contributed by atoms with E-state index < -0.39 is 12.0 Å². The first-order valence-electron chi connectivity index (χ1n) is 4.46. The van der Waals surface area contributed by atoms with Gasteiger partial charge in [-0.2, -0.15) is 0 Å². The van der Waals surface area contributed by atoms with Crippen molar-refractivity contribution in [2.24, 2.45) is 11.8 Å². The number of aliphatic hydroxyl groups is 1. The van der Waals surface area contributed by atoms with Crippen LogP contribution >= 0.6 is 0 Å². The van der Waals surface area contributed by atoms with Crippen LogP contribution < -0.4 is 0 Å². The zero-order valence-electron chi connectivity index (χ0n) is 7.43. The number of hydrogen-bond acceptors (Lipinski definition) is 3. The maximum absolute atomic E-state index is 11.2. The van der Waals surface area contributed by atoms with E-state index >= 15 is 0 Å². The summed E-state index contributed by atoms with van der Waals surface area (Å²) in [6.45, 7) is 1.70. The maximum atomic E-state index is 11.2. The molecule has 1 N–H and O–H groups in total. The van der Waals surface area contributed by atoms with Gasteiger partial charge in [-0.25, -0.2) is 0 Å². The monoisotopic (exact) mass is 180 g/mol. The topological polar surface area (TPSA) is 46.5 Å². The zero-order chi connectivity index (χ0) is 9.42. The Hall–Kier alpha value is -1.09. The van der Waals surface area contributed by atoms with Crippen LogP contribution in [0, 0.1) is 11.8 Å². The number of esters is 1. The lowest BCUT2D eigenvalue weighted by molar-refractivity contribution is -0.157. The summed E-state index contributed by atoms with van der Waals surface area (Å²) in [6.07, 6.45) is 5.73. The van der Waals surface area contributed by atoms with Gasteiger partial charge < -0.3 is 9.84 Å². The molecule has 0 aromatic rings. The molecule has 0 spiro atoms. The molecule has 1 aliphatic heterocycles. The summed E-state index contributed by atoms with van der Waals surface area (Å²) in [7, 11) is 0. The molecule has 0 aromatic heterocycles. The van der Waals surface area contributed by atoms with Gasteiger partial charge in [-0.05, 0) is 19.4 Å². The van der Waals surface area contributed by atoms with Crippen LogP contribution in [0.5, 0.6) is 0 Å². The molecule has 1 aliphatic carbocycles. The van der Waals surface area contributed by atoms with E-state index in [-0.39, 0.29) is 11.9 Å². The second kappa shape index (κ2) is 3.00. The van der Waals surface area contributed by atoms with Crippen molar-refractivity contribution in [2.75, 3.05) is 0 Å². The van der Waals surface area contributed by atoms with Crippen molar-refractivity contribution in [1.29, 1.82) is 0 Å². The van der Waals surface area contributed by atoms with Crippen molar-refractivity contribution in [3.05, 3.63) is 24.0 Å². The highest BCUT2D eigenvalue weighted by atomic mass is 16.5. The molecule has 1 saturated heterocycles. The quantitative estimate of drug-likeness (QED) is 0.566. The molecule has 3 heteroatoms. The van der Waals surface area contributed by atoms with Crippen LogP contribution in [-0.2, 0) is 9.53 Å². The van der Waals surface area contributed by atoms with Gasteiger partial charge in [0.25, 0.3) is 0 Å². The number of rotatable bonds is 0. The van der Waals surface area contributed by atoms with Gasteiger partial charge in [-0.3, -0.25) is 4.79 Å². The molecule has 70 valence electrons. The lowest BCUT2D eigenvalue weighted by Crippen LogP contribution is -2.41. The third kappa shape index (κ3) is 1.29. The van der Waals surface area contributed by atoms with Gasteiger partial charge >= 0.3 is 5.97 Å². The van der Waals surface area contributed by atoms with Gasteiger partial charge in [0.05, 0.1) is 12.0 Å². The first-order chi connectivity index (χ1) is 6.20. The van der Waals surface area contributed by atoms with Crippen LogP contribution in [0.4, 0.5) is 0 Å². The summed E-state index contributed by atoms with van der Waals surface area (Å²) in [4.78, 5) is 11.2. The molecule has 0 amide bonds. The number of ether oxygens (including phenoxy) is 1. The minimum absolute atomic E-state index is 0.0299. The first kappa shape index (κ1) is 8.51. The summed E-state index contributed by atoms with van der Waals surface area (Å²) in [5, 5.41) is 9.77. The number of aliphatic hydroxyl groups excluding tert-OH is 1. The molecular formula is C10H12O3. The van der Waals surface area contributed by atoms with Crippen LogP contribution in [0.3, 0.4) is 0 Å². The van der Waals surface area contributed by atoms with Crippen molar-refractivity contribution >= 4 is 5.97 Å².